The maximum absolute atomic E-state index is 5.37. The van der Waals surface area contributed by atoms with Crippen molar-refractivity contribution in [1.29, 1.82) is 0 Å². The monoisotopic (exact) mass is 235 g/mol. The van der Waals surface area contributed by atoms with Gasteiger partial charge in [-0.1, -0.05) is 19.8 Å². The van der Waals surface area contributed by atoms with Gasteiger partial charge in [0.2, 0.25) is 0 Å². The third kappa shape index (κ3) is 3.56. The Morgan fingerprint density at radius 3 is 2.71 bits per heavy atom. The van der Waals surface area contributed by atoms with Crippen molar-refractivity contribution in [2.45, 2.75) is 45.6 Å². The number of hydrazine groups is 1. The van der Waals surface area contributed by atoms with Crippen molar-refractivity contribution >= 4 is 11.6 Å². The molecule has 1 aromatic rings. The molecule has 2 rings (SSSR count). The van der Waals surface area contributed by atoms with Crippen molar-refractivity contribution in [3.05, 3.63) is 11.9 Å². The molecule has 1 unspecified atom stereocenters. The summed E-state index contributed by atoms with van der Waals surface area (Å²) in [4.78, 5) is 8.55. The molecule has 0 bridgehead atoms. The first-order chi connectivity index (χ1) is 8.21. The van der Waals surface area contributed by atoms with E-state index >= 15 is 0 Å². The van der Waals surface area contributed by atoms with E-state index in [0.717, 1.165) is 24.0 Å². The summed E-state index contributed by atoms with van der Waals surface area (Å²) < 4.78 is 0. The average Bonchev–Trinajstić information content (AvgIpc) is 3.11. The molecule has 1 fully saturated rings. The van der Waals surface area contributed by atoms with Gasteiger partial charge < -0.3 is 10.7 Å². The van der Waals surface area contributed by atoms with Crippen LogP contribution >= 0.6 is 0 Å². The Morgan fingerprint density at radius 2 is 2.12 bits per heavy atom. The molecule has 0 aromatic carbocycles. The Labute approximate surface area is 102 Å². The van der Waals surface area contributed by atoms with E-state index < -0.39 is 0 Å². The Balaban J connectivity index is 2.01. The van der Waals surface area contributed by atoms with Crippen LogP contribution in [0.15, 0.2) is 6.07 Å². The van der Waals surface area contributed by atoms with Crippen LogP contribution in [0.2, 0.25) is 0 Å². The Morgan fingerprint density at radius 1 is 1.41 bits per heavy atom. The second-order valence-electron chi connectivity index (χ2n) is 4.76. The van der Waals surface area contributed by atoms with Crippen molar-refractivity contribution in [1.82, 2.24) is 9.97 Å². The molecule has 5 heteroatoms. The van der Waals surface area contributed by atoms with E-state index in [1.807, 2.05) is 13.0 Å². The topological polar surface area (TPSA) is 75.9 Å². The third-order valence-corrected chi connectivity index (χ3v) is 3.15. The lowest BCUT2D eigenvalue weighted by molar-refractivity contribution is 0.585. The second kappa shape index (κ2) is 5.31. The van der Waals surface area contributed by atoms with Gasteiger partial charge in [0.05, 0.1) is 0 Å². The first-order valence-corrected chi connectivity index (χ1v) is 6.30. The highest BCUT2D eigenvalue weighted by Crippen LogP contribution is 2.34. The van der Waals surface area contributed by atoms with Crippen molar-refractivity contribution in [3.63, 3.8) is 0 Å². The van der Waals surface area contributed by atoms with Gasteiger partial charge in [-0.15, -0.1) is 0 Å². The van der Waals surface area contributed by atoms with Crippen molar-refractivity contribution in [3.8, 4) is 0 Å². The van der Waals surface area contributed by atoms with Gasteiger partial charge in [0, 0.05) is 12.1 Å². The molecular formula is C12H21N5. The molecule has 0 radical (unpaired) electrons. The Hall–Kier alpha value is -1.36. The van der Waals surface area contributed by atoms with Crippen molar-refractivity contribution in [2.24, 2.45) is 11.8 Å². The SMILES string of the molecule is CCC(CC1CC1)Nc1cc(NN)nc(C)n1. The maximum atomic E-state index is 5.37. The lowest BCUT2D eigenvalue weighted by atomic mass is 10.1. The van der Waals surface area contributed by atoms with Gasteiger partial charge in [-0.3, -0.25) is 0 Å². The number of nitrogen functional groups attached to an aromatic ring is 1. The summed E-state index contributed by atoms with van der Waals surface area (Å²) in [6.45, 7) is 4.07. The summed E-state index contributed by atoms with van der Waals surface area (Å²) in [6.07, 6.45) is 5.13. The molecule has 17 heavy (non-hydrogen) atoms. The summed E-state index contributed by atoms with van der Waals surface area (Å²) in [5, 5.41) is 3.47. The van der Waals surface area contributed by atoms with Crippen LogP contribution in [0.1, 0.15) is 38.4 Å². The van der Waals surface area contributed by atoms with Gasteiger partial charge >= 0.3 is 0 Å². The first kappa shape index (κ1) is 12.1. The van der Waals surface area contributed by atoms with Crippen molar-refractivity contribution in [2.75, 3.05) is 10.7 Å². The number of nitrogens with one attached hydrogen (secondary N) is 2. The van der Waals surface area contributed by atoms with E-state index in [2.05, 4.69) is 27.6 Å². The highest BCUT2D eigenvalue weighted by molar-refractivity contribution is 5.47. The summed E-state index contributed by atoms with van der Waals surface area (Å²) in [5.74, 6) is 8.53. The van der Waals surface area contributed by atoms with E-state index in [9.17, 15) is 0 Å². The molecule has 0 saturated heterocycles. The maximum Gasteiger partial charge on any atom is 0.145 e. The van der Waals surface area contributed by atoms with Crippen LogP contribution in [0.3, 0.4) is 0 Å². The molecule has 1 heterocycles. The van der Waals surface area contributed by atoms with Gasteiger partial charge in [0.1, 0.15) is 17.5 Å². The smallest absolute Gasteiger partial charge is 0.145 e. The normalized spacial score (nSPS) is 16.6. The molecule has 1 saturated carbocycles. The standard InChI is InChI=1S/C12H21N5/c1-3-10(6-9-4-5-9)16-11-7-12(17-13)15-8(2)14-11/h7,9-10H,3-6,13H2,1-2H3,(H2,14,15,16,17). The first-order valence-electron chi connectivity index (χ1n) is 6.30. The summed E-state index contributed by atoms with van der Waals surface area (Å²) in [5.41, 5.74) is 2.56. The summed E-state index contributed by atoms with van der Waals surface area (Å²) >= 11 is 0. The fourth-order valence-electron chi connectivity index (χ4n) is 2.01. The molecule has 94 valence electrons. The Kier molecular flexibility index (Phi) is 3.78. The zero-order chi connectivity index (χ0) is 12.3. The number of rotatable bonds is 6. The zero-order valence-corrected chi connectivity index (χ0v) is 10.5. The fourth-order valence-corrected chi connectivity index (χ4v) is 2.01. The molecular weight excluding hydrogens is 214 g/mol. The van der Waals surface area contributed by atoms with Gasteiger partial charge in [0.25, 0.3) is 0 Å². The molecule has 4 N–H and O–H groups in total. The third-order valence-electron chi connectivity index (χ3n) is 3.15. The van der Waals surface area contributed by atoms with Crippen LogP contribution in [0.5, 0.6) is 0 Å². The largest absolute Gasteiger partial charge is 0.367 e. The lowest BCUT2D eigenvalue weighted by Gasteiger charge is -2.17. The fraction of sp³-hybridized carbons (Fsp3) is 0.667. The van der Waals surface area contributed by atoms with Crippen LogP contribution in [0, 0.1) is 12.8 Å². The average molecular weight is 235 g/mol. The quantitative estimate of drug-likeness (QED) is 0.520. The summed E-state index contributed by atoms with van der Waals surface area (Å²) in [6, 6.07) is 2.35. The van der Waals surface area contributed by atoms with Gasteiger partial charge in [-0.05, 0) is 25.7 Å². The van der Waals surface area contributed by atoms with Crippen LogP contribution < -0.4 is 16.6 Å². The number of aromatic nitrogens is 2. The highest BCUT2D eigenvalue weighted by atomic mass is 15.3. The van der Waals surface area contributed by atoms with Crippen molar-refractivity contribution < 1.29 is 0 Å². The molecule has 5 nitrogen and oxygen atoms in total. The van der Waals surface area contributed by atoms with E-state index in [0.29, 0.717) is 11.9 Å². The minimum Gasteiger partial charge on any atom is -0.367 e. The molecule has 0 amide bonds. The van der Waals surface area contributed by atoms with E-state index in [4.69, 9.17) is 5.84 Å². The molecule has 1 atom stereocenters. The molecule has 1 aliphatic carbocycles. The molecule has 1 aromatic heterocycles. The predicted molar refractivity (Wildman–Crippen MR) is 69.6 cm³/mol. The Bertz CT molecular complexity index is 375. The number of nitrogens with zero attached hydrogens (tertiary/aromatic N) is 2. The van der Waals surface area contributed by atoms with E-state index in [-0.39, 0.29) is 0 Å². The van der Waals surface area contributed by atoms with Gasteiger partial charge in [-0.2, -0.15) is 0 Å². The van der Waals surface area contributed by atoms with E-state index in [1.165, 1.54) is 19.3 Å². The molecule has 1 aliphatic rings. The second-order valence-corrected chi connectivity index (χ2v) is 4.76. The van der Waals surface area contributed by atoms with Gasteiger partial charge in [0.15, 0.2) is 0 Å². The number of anilines is 2. The van der Waals surface area contributed by atoms with Crippen LogP contribution in [-0.4, -0.2) is 16.0 Å². The number of hydrogen-bond acceptors (Lipinski definition) is 5. The molecule has 0 spiro atoms. The van der Waals surface area contributed by atoms with Crippen LogP contribution in [0.25, 0.3) is 0 Å². The van der Waals surface area contributed by atoms with Gasteiger partial charge in [-0.25, -0.2) is 15.8 Å². The molecule has 0 aliphatic heterocycles. The minimum atomic E-state index is 0.502. The predicted octanol–water partition coefficient (Wildman–Crippen LogP) is 2.06. The minimum absolute atomic E-state index is 0.502. The summed E-state index contributed by atoms with van der Waals surface area (Å²) in [7, 11) is 0. The number of nitrogens with two attached hydrogens (primary N) is 1. The number of aryl methyl sites for hydroxylation is 1. The van der Waals surface area contributed by atoms with Crippen LogP contribution in [-0.2, 0) is 0 Å². The zero-order valence-electron chi connectivity index (χ0n) is 10.5. The lowest BCUT2D eigenvalue weighted by Crippen LogP contribution is -2.20. The number of hydrogen-bond donors (Lipinski definition) is 3. The highest BCUT2D eigenvalue weighted by Gasteiger charge is 2.24. The van der Waals surface area contributed by atoms with E-state index in [1.54, 1.807) is 0 Å². The van der Waals surface area contributed by atoms with Crippen LogP contribution in [0.4, 0.5) is 11.6 Å².